The van der Waals surface area contributed by atoms with Gasteiger partial charge in [-0.3, -0.25) is 5.10 Å². The number of aryl methyl sites for hydroxylation is 1. The number of hydrogen-bond acceptors (Lipinski definition) is 2. The van der Waals surface area contributed by atoms with E-state index in [-0.39, 0.29) is 0 Å². The number of nitrogens with zero attached hydrogens (tertiary/aromatic N) is 2. The third-order valence-electron chi connectivity index (χ3n) is 4.88. The second kappa shape index (κ2) is 6.00. The Labute approximate surface area is 127 Å². The topological polar surface area (TPSA) is 41.6 Å². The lowest BCUT2D eigenvalue weighted by Crippen LogP contribution is -2.15. The van der Waals surface area contributed by atoms with Crippen LogP contribution in [0.15, 0.2) is 30.4 Å². The van der Waals surface area contributed by atoms with E-state index >= 15 is 0 Å². The number of H-pyrrole nitrogens is 1. The molecule has 2 aliphatic rings. The number of nitrogens with one attached hydrogen (secondary N) is 1. The SMILES string of the molecule is C=C(c1n[nH]c(CCC(C)C2CC=CC=C2C)n1)C1CC1. The maximum atomic E-state index is 4.61. The lowest BCUT2D eigenvalue weighted by molar-refractivity contribution is 0.382. The Morgan fingerprint density at radius 1 is 1.48 bits per heavy atom. The quantitative estimate of drug-likeness (QED) is 0.844. The Bertz CT molecular complexity index is 575. The Kier molecular flexibility index (Phi) is 4.09. The fourth-order valence-corrected chi connectivity index (χ4v) is 3.17. The first kappa shape index (κ1) is 14.3. The van der Waals surface area contributed by atoms with Gasteiger partial charge in [0.2, 0.25) is 0 Å². The number of allylic oxidation sites excluding steroid dienone is 5. The van der Waals surface area contributed by atoms with Crippen molar-refractivity contribution in [2.45, 2.75) is 46.0 Å². The molecule has 2 aliphatic carbocycles. The zero-order valence-electron chi connectivity index (χ0n) is 13.1. The lowest BCUT2D eigenvalue weighted by atomic mass is 9.80. The summed E-state index contributed by atoms with van der Waals surface area (Å²) in [5.74, 6) is 3.82. The monoisotopic (exact) mass is 283 g/mol. The number of rotatable bonds is 6. The van der Waals surface area contributed by atoms with Crippen LogP contribution in [0.2, 0.25) is 0 Å². The minimum absolute atomic E-state index is 0.634. The summed E-state index contributed by atoms with van der Waals surface area (Å²) < 4.78 is 0. The molecule has 3 heteroatoms. The molecular formula is C18H25N3. The molecule has 1 heterocycles. The molecule has 2 unspecified atom stereocenters. The van der Waals surface area contributed by atoms with E-state index in [4.69, 9.17) is 0 Å². The second-order valence-electron chi connectivity index (χ2n) is 6.60. The maximum Gasteiger partial charge on any atom is 0.176 e. The summed E-state index contributed by atoms with van der Waals surface area (Å²) in [4.78, 5) is 4.61. The summed E-state index contributed by atoms with van der Waals surface area (Å²) in [6, 6.07) is 0. The first-order valence-corrected chi connectivity index (χ1v) is 8.09. The van der Waals surface area contributed by atoms with Gasteiger partial charge < -0.3 is 0 Å². The van der Waals surface area contributed by atoms with Crippen molar-refractivity contribution in [3.8, 4) is 0 Å². The minimum atomic E-state index is 0.634. The van der Waals surface area contributed by atoms with Crippen molar-refractivity contribution < 1.29 is 0 Å². The molecule has 3 nitrogen and oxygen atoms in total. The first-order chi connectivity index (χ1) is 10.1. The number of hydrogen-bond donors (Lipinski definition) is 1. The molecule has 3 rings (SSSR count). The van der Waals surface area contributed by atoms with Gasteiger partial charge in [-0.1, -0.05) is 37.3 Å². The third kappa shape index (κ3) is 3.34. The van der Waals surface area contributed by atoms with Crippen LogP contribution >= 0.6 is 0 Å². The van der Waals surface area contributed by atoms with Gasteiger partial charge in [0.05, 0.1) is 0 Å². The van der Waals surface area contributed by atoms with Crippen LogP contribution in [0.25, 0.3) is 5.57 Å². The summed E-state index contributed by atoms with van der Waals surface area (Å²) in [5, 5.41) is 7.41. The van der Waals surface area contributed by atoms with Crippen LogP contribution in [-0.4, -0.2) is 15.2 Å². The largest absolute Gasteiger partial charge is 0.263 e. The number of aromatic amines is 1. The summed E-state index contributed by atoms with van der Waals surface area (Å²) >= 11 is 0. The molecule has 21 heavy (non-hydrogen) atoms. The van der Waals surface area contributed by atoms with Gasteiger partial charge in [0.25, 0.3) is 0 Å². The van der Waals surface area contributed by atoms with Crippen molar-refractivity contribution in [3.05, 3.63) is 42.0 Å². The highest BCUT2D eigenvalue weighted by Crippen LogP contribution is 2.39. The van der Waals surface area contributed by atoms with Gasteiger partial charge in [0, 0.05) is 6.42 Å². The summed E-state index contributed by atoms with van der Waals surface area (Å²) in [5.41, 5.74) is 2.62. The second-order valence-corrected chi connectivity index (χ2v) is 6.60. The predicted octanol–water partition coefficient (Wildman–Crippen LogP) is 4.32. The van der Waals surface area contributed by atoms with Crippen LogP contribution < -0.4 is 0 Å². The normalized spacial score (nSPS) is 23.0. The Morgan fingerprint density at radius 3 is 3.00 bits per heavy atom. The van der Waals surface area contributed by atoms with Crippen LogP contribution in [0.4, 0.5) is 0 Å². The Balaban J connectivity index is 1.54. The highest BCUT2D eigenvalue weighted by molar-refractivity contribution is 5.61. The Morgan fingerprint density at radius 2 is 2.29 bits per heavy atom. The Hall–Kier alpha value is -1.64. The molecule has 0 saturated heterocycles. The predicted molar refractivity (Wildman–Crippen MR) is 86.6 cm³/mol. The molecule has 1 aromatic heterocycles. The summed E-state index contributed by atoms with van der Waals surface area (Å²) in [6.07, 6.45) is 12.5. The molecule has 2 atom stereocenters. The van der Waals surface area contributed by atoms with Crippen LogP contribution in [-0.2, 0) is 6.42 Å². The van der Waals surface area contributed by atoms with E-state index in [1.807, 2.05) is 0 Å². The van der Waals surface area contributed by atoms with Crippen LogP contribution in [0.5, 0.6) is 0 Å². The van der Waals surface area contributed by atoms with Gasteiger partial charge in [-0.15, -0.1) is 0 Å². The fourth-order valence-electron chi connectivity index (χ4n) is 3.17. The van der Waals surface area contributed by atoms with Gasteiger partial charge in [0.1, 0.15) is 5.82 Å². The summed E-state index contributed by atoms with van der Waals surface area (Å²) in [7, 11) is 0. The molecule has 0 aliphatic heterocycles. The highest BCUT2D eigenvalue weighted by atomic mass is 15.2. The molecule has 112 valence electrons. The standard InChI is InChI=1S/C18H25N3/c1-12-6-4-5-7-16(12)13(2)8-11-17-19-18(21-20-17)14(3)15-9-10-15/h4-6,13,15-16H,3,7-11H2,1-2H3,(H,19,20,21). The third-order valence-corrected chi connectivity index (χ3v) is 4.88. The van der Waals surface area contributed by atoms with Crippen molar-refractivity contribution in [2.24, 2.45) is 17.8 Å². The summed E-state index contributed by atoms with van der Waals surface area (Å²) in [6.45, 7) is 8.71. The molecule has 0 bridgehead atoms. The van der Waals surface area contributed by atoms with Crippen molar-refractivity contribution >= 4 is 5.57 Å². The van der Waals surface area contributed by atoms with E-state index in [2.05, 4.69) is 53.8 Å². The van der Waals surface area contributed by atoms with Gasteiger partial charge in [-0.25, -0.2) is 4.98 Å². The molecule has 0 aromatic carbocycles. The van der Waals surface area contributed by atoms with Crippen LogP contribution in [0.3, 0.4) is 0 Å². The van der Waals surface area contributed by atoms with Crippen molar-refractivity contribution in [1.29, 1.82) is 0 Å². The first-order valence-electron chi connectivity index (χ1n) is 8.09. The molecule has 1 aromatic rings. The van der Waals surface area contributed by atoms with Gasteiger partial charge in [-0.2, -0.15) is 5.10 Å². The average molecular weight is 283 g/mol. The highest BCUT2D eigenvalue weighted by Gasteiger charge is 2.27. The van der Waals surface area contributed by atoms with Crippen molar-refractivity contribution in [1.82, 2.24) is 15.2 Å². The molecule has 1 fully saturated rings. The number of aromatic nitrogens is 3. The molecule has 0 spiro atoms. The van der Waals surface area contributed by atoms with Crippen molar-refractivity contribution in [3.63, 3.8) is 0 Å². The molecular weight excluding hydrogens is 258 g/mol. The molecule has 0 radical (unpaired) electrons. The molecule has 0 amide bonds. The average Bonchev–Trinajstić information content (AvgIpc) is 3.23. The van der Waals surface area contributed by atoms with Gasteiger partial charge in [-0.05, 0) is 55.9 Å². The van der Waals surface area contributed by atoms with Gasteiger partial charge >= 0.3 is 0 Å². The van der Waals surface area contributed by atoms with E-state index < -0.39 is 0 Å². The van der Waals surface area contributed by atoms with Crippen LogP contribution in [0, 0.1) is 17.8 Å². The van der Waals surface area contributed by atoms with E-state index in [0.717, 1.165) is 30.1 Å². The minimum Gasteiger partial charge on any atom is -0.263 e. The van der Waals surface area contributed by atoms with E-state index in [1.165, 1.54) is 24.8 Å². The van der Waals surface area contributed by atoms with E-state index in [9.17, 15) is 0 Å². The smallest absolute Gasteiger partial charge is 0.176 e. The lowest BCUT2D eigenvalue weighted by Gasteiger charge is -2.25. The zero-order chi connectivity index (χ0) is 14.8. The zero-order valence-corrected chi connectivity index (χ0v) is 13.1. The maximum absolute atomic E-state index is 4.61. The molecule has 1 N–H and O–H groups in total. The van der Waals surface area contributed by atoms with Gasteiger partial charge in [0.15, 0.2) is 5.82 Å². The van der Waals surface area contributed by atoms with Crippen molar-refractivity contribution in [2.75, 3.05) is 0 Å². The van der Waals surface area contributed by atoms with Crippen LogP contribution in [0.1, 0.15) is 51.2 Å². The fraction of sp³-hybridized carbons (Fsp3) is 0.556. The van der Waals surface area contributed by atoms with E-state index in [0.29, 0.717) is 17.8 Å². The van der Waals surface area contributed by atoms with E-state index in [1.54, 1.807) is 0 Å². The molecule has 1 saturated carbocycles.